The molecule has 0 aromatic carbocycles. The van der Waals surface area contributed by atoms with E-state index in [1.54, 1.807) is 0 Å². The lowest BCUT2D eigenvalue weighted by atomic mass is 9.83. The summed E-state index contributed by atoms with van der Waals surface area (Å²) in [5, 5.41) is 21.1. The van der Waals surface area contributed by atoms with E-state index in [2.05, 4.69) is 191 Å². The molecule has 2 heteroatoms. The largest absolute Gasteiger partial charge is 0.390 e. The fraction of sp³-hybridized carbons (Fsp3) is 0.440. The molecule has 2 N–H and O–H groups in total. The summed E-state index contributed by atoms with van der Waals surface area (Å²) in [6.07, 6.45) is 46.1. The minimum atomic E-state index is -0.759. The Labute approximate surface area is 321 Å². The average Bonchev–Trinajstić information content (AvgIpc) is 3.01. The summed E-state index contributed by atoms with van der Waals surface area (Å²) in [6.45, 7) is 28.7. The summed E-state index contributed by atoms with van der Waals surface area (Å²) in [7, 11) is 0. The van der Waals surface area contributed by atoms with Crippen LogP contribution in [0, 0.1) is 11.8 Å². The second kappa shape index (κ2) is 26.1. The lowest BCUT2D eigenvalue weighted by molar-refractivity contribution is 0.0145. The van der Waals surface area contributed by atoms with Crippen molar-refractivity contribution in [2.24, 2.45) is 11.8 Å². The molecule has 0 bridgehead atoms. The lowest BCUT2D eigenvalue weighted by Gasteiger charge is -2.29. The molecular formula is C50H74O2. The maximum Gasteiger partial charge on any atom is 0.0657 e. The Kier molecular flexibility index (Phi) is 24.2. The molecule has 0 saturated carbocycles. The standard InChI is InChI=1S/C50H74O2/c1-39(2)31-35-47(49(11,12)51)37-33-45(9)29-19-27-43(7)25-17-23-41(5)21-15-16-22-42(6)24-18-26-44(8)28-20-30-46(10)34-38-48(50(13,14)52)36-32-40(3)4/h15-33,37,47-48,51-52H,34-36,38H2,1-14H3. The predicted octanol–water partition coefficient (Wildman–Crippen LogP) is 14.3. The smallest absolute Gasteiger partial charge is 0.0657 e. The van der Waals surface area contributed by atoms with Crippen LogP contribution in [0.4, 0.5) is 0 Å². The van der Waals surface area contributed by atoms with Crippen molar-refractivity contribution in [1.82, 2.24) is 0 Å². The quantitative estimate of drug-likeness (QED) is 0.0921. The summed E-state index contributed by atoms with van der Waals surface area (Å²) < 4.78 is 0. The monoisotopic (exact) mass is 707 g/mol. The summed E-state index contributed by atoms with van der Waals surface area (Å²) in [6, 6.07) is 0. The van der Waals surface area contributed by atoms with E-state index in [0.29, 0.717) is 0 Å². The molecule has 2 unspecified atom stereocenters. The van der Waals surface area contributed by atoms with Gasteiger partial charge in [-0.15, -0.1) is 0 Å². The zero-order chi connectivity index (χ0) is 39.7. The first-order valence-electron chi connectivity index (χ1n) is 19.0. The number of allylic oxidation sites excluding steroid dienone is 27. The van der Waals surface area contributed by atoms with Crippen LogP contribution in [-0.2, 0) is 0 Å². The third kappa shape index (κ3) is 27.0. The van der Waals surface area contributed by atoms with Crippen molar-refractivity contribution in [2.75, 3.05) is 0 Å². The van der Waals surface area contributed by atoms with Gasteiger partial charge in [-0.1, -0.05) is 166 Å². The van der Waals surface area contributed by atoms with Gasteiger partial charge in [0.1, 0.15) is 0 Å². The van der Waals surface area contributed by atoms with Crippen LogP contribution in [0.1, 0.15) is 123 Å². The van der Waals surface area contributed by atoms with E-state index in [1.165, 1.54) is 39.0 Å². The van der Waals surface area contributed by atoms with Gasteiger partial charge in [0, 0.05) is 5.92 Å². The molecule has 0 heterocycles. The number of aliphatic hydroxyl groups is 2. The van der Waals surface area contributed by atoms with Gasteiger partial charge in [0.25, 0.3) is 0 Å². The number of rotatable bonds is 21. The average molecular weight is 707 g/mol. The first kappa shape index (κ1) is 48.3. The molecule has 0 aliphatic heterocycles. The zero-order valence-electron chi connectivity index (χ0n) is 35.4. The first-order chi connectivity index (χ1) is 24.2. The van der Waals surface area contributed by atoms with Gasteiger partial charge >= 0.3 is 0 Å². The van der Waals surface area contributed by atoms with Crippen LogP contribution in [0.2, 0.25) is 0 Å². The lowest BCUT2D eigenvalue weighted by Crippen LogP contribution is -2.30. The normalized spacial score (nSPS) is 16.5. The van der Waals surface area contributed by atoms with Gasteiger partial charge in [-0.2, -0.15) is 0 Å². The Morgan fingerprint density at radius 2 is 0.827 bits per heavy atom. The minimum Gasteiger partial charge on any atom is -0.390 e. The molecule has 286 valence electrons. The van der Waals surface area contributed by atoms with Gasteiger partial charge in [-0.3, -0.25) is 0 Å². The second-order valence-electron chi connectivity index (χ2n) is 15.9. The molecular weight excluding hydrogens is 633 g/mol. The van der Waals surface area contributed by atoms with Gasteiger partial charge in [0.05, 0.1) is 11.2 Å². The molecule has 0 spiro atoms. The van der Waals surface area contributed by atoms with Crippen molar-refractivity contribution < 1.29 is 10.2 Å². The molecule has 2 nitrogen and oxygen atoms in total. The van der Waals surface area contributed by atoms with Gasteiger partial charge in [-0.05, 0) is 129 Å². The third-order valence-electron chi connectivity index (χ3n) is 8.70. The van der Waals surface area contributed by atoms with Crippen molar-refractivity contribution in [1.29, 1.82) is 0 Å². The molecule has 0 amide bonds. The predicted molar refractivity (Wildman–Crippen MR) is 234 cm³/mol. The van der Waals surface area contributed by atoms with Crippen LogP contribution in [0.15, 0.2) is 166 Å². The Morgan fingerprint density at radius 1 is 0.462 bits per heavy atom. The molecule has 52 heavy (non-hydrogen) atoms. The third-order valence-corrected chi connectivity index (χ3v) is 8.70. The van der Waals surface area contributed by atoms with Crippen LogP contribution in [0.5, 0.6) is 0 Å². The highest BCUT2D eigenvalue weighted by Crippen LogP contribution is 2.28. The Balaban J connectivity index is 5.00. The molecule has 0 aromatic heterocycles. The van der Waals surface area contributed by atoms with Crippen LogP contribution in [0.25, 0.3) is 0 Å². The van der Waals surface area contributed by atoms with Gasteiger partial charge in [-0.25, -0.2) is 0 Å². The van der Waals surface area contributed by atoms with Crippen LogP contribution < -0.4 is 0 Å². The molecule has 0 aliphatic carbocycles. The Morgan fingerprint density at radius 3 is 1.21 bits per heavy atom. The molecule has 0 saturated heterocycles. The fourth-order valence-electron chi connectivity index (χ4n) is 4.97. The summed E-state index contributed by atoms with van der Waals surface area (Å²) in [4.78, 5) is 0. The molecule has 2 atom stereocenters. The highest BCUT2D eigenvalue weighted by Gasteiger charge is 2.25. The minimum absolute atomic E-state index is 0.0717. The van der Waals surface area contributed by atoms with E-state index in [-0.39, 0.29) is 11.8 Å². The Hall–Kier alpha value is -3.72. The zero-order valence-corrected chi connectivity index (χ0v) is 35.4. The van der Waals surface area contributed by atoms with E-state index in [1.807, 2.05) is 27.7 Å². The molecule has 0 radical (unpaired) electrons. The first-order valence-corrected chi connectivity index (χ1v) is 19.0. The Bertz CT molecular complexity index is 1500. The van der Waals surface area contributed by atoms with Crippen LogP contribution >= 0.6 is 0 Å². The summed E-state index contributed by atoms with van der Waals surface area (Å²) in [5.74, 6) is 0.322. The van der Waals surface area contributed by atoms with E-state index in [9.17, 15) is 10.2 Å². The van der Waals surface area contributed by atoms with Crippen LogP contribution in [0.3, 0.4) is 0 Å². The second-order valence-corrected chi connectivity index (χ2v) is 15.9. The molecule has 0 aliphatic rings. The van der Waals surface area contributed by atoms with Gasteiger partial charge in [0.15, 0.2) is 0 Å². The summed E-state index contributed by atoms with van der Waals surface area (Å²) >= 11 is 0. The van der Waals surface area contributed by atoms with Crippen molar-refractivity contribution in [2.45, 2.75) is 134 Å². The van der Waals surface area contributed by atoms with Crippen molar-refractivity contribution in [3.8, 4) is 0 Å². The maximum atomic E-state index is 10.6. The molecule has 0 aromatic rings. The number of hydrogen-bond donors (Lipinski definition) is 2. The maximum absolute atomic E-state index is 10.6. The highest BCUT2D eigenvalue weighted by atomic mass is 16.3. The van der Waals surface area contributed by atoms with Crippen LogP contribution in [-0.4, -0.2) is 21.4 Å². The van der Waals surface area contributed by atoms with E-state index >= 15 is 0 Å². The van der Waals surface area contributed by atoms with E-state index < -0.39 is 11.2 Å². The van der Waals surface area contributed by atoms with Crippen molar-refractivity contribution >= 4 is 0 Å². The summed E-state index contributed by atoms with van der Waals surface area (Å²) in [5.41, 5.74) is 8.34. The highest BCUT2D eigenvalue weighted by molar-refractivity contribution is 5.33. The number of hydrogen-bond acceptors (Lipinski definition) is 2. The van der Waals surface area contributed by atoms with Crippen molar-refractivity contribution in [3.63, 3.8) is 0 Å². The SMILES string of the molecule is CC(C)=CCC(C=CC(C)=CC=CC(C)=CC=CC(C)=CC=CC=C(C)C=CC=C(C)C=CC=C(C)CCC(CC=C(C)C)C(C)(C)O)C(C)(C)O. The van der Waals surface area contributed by atoms with E-state index in [4.69, 9.17) is 0 Å². The fourth-order valence-corrected chi connectivity index (χ4v) is 4.97. The van der Waals surface area contributed by atoms with Crippen molar-refractivity contribution in [3.05, 3.63) is 166 Å². The molecule has 0 fully saturated rings. The van der Waals surface area contributed by atoms with Gasteiger partial charge < -0.3 is 10.2 Å². The van der Waals surface area contributed by atoms with Gasteiger partial charge in [0.2, 0.25) is 0 Å². The molecule has 0 rings (SSSR count). The van der Waals surface area contributed by atoms with E-state index in [0.717, 1.165) is 31.3 Å². The topological polar surface area (TPSA) is 40.5 Å².